The van der Waals surface area contributed by atoms with Crippen molar-refractivity contribution in [3.8, 4) is 6.07 Å². The van der Waals surface area contributed by atoms with E-state index in [1.807, 2.05) is 45.2 Å². The molecule has 6 heteroatoms. The number of ether oxygens (including phenoxy) is 1. The molecule has 1 fully saturated rings. The van der Waals surface area contributed by atoms with E-state index in [9.17, 15) is 4.79 Å². The van der Waals surface area contributed by atoms with E-state index < -0.39 is 5.60 Å². The fourth-order valence-electron chi connectivity index (χ4n) is 3.73. The summed E-state index contributed by atoms with van der Waals surface area (Å²) in [6.07, 6.45) is 4.60. The number of pyridine rings is 1. The third-order valence-corrected chi connectivity index (χ3v) is 5.30. The standard InChI is InChI=1S/C23H30N4O2/c1-23(2,3)29-22(28)26-16-17-7-11-27(12-8-17)13-9-19-6-10-25-21-5-4-18(15-24)14-20(19)21/h4-6,10,14,17H,7-9,11-13,16H2,1-3H3,(H,26,28). The first-order valence-electron chi connectivity index (χ1n) is 10.3. The van der Waals surface area contributed by atoms with Gasteiger partial charge in [-0.2, -0.15) is 5.26 Å². The molecule has 1 aliphatic rings. The Balaban J connectivity index is 1.47. The highest BCUT2D eigenvalue weighted by Crippen LogP contribution is 2.21. The lowest BCUT2D eigenvalue weighted by Gasteiger charge is -2.32. The van der Waals surface area contributed by atoms with Crippen LogP contribution >= 0.6 is 0 Å². The number of carbonyl (C=O) groups excluding carboxylic acids is 1. The van der Waals surface area contributed by atoms with Gasteiger partial charge in [0, 0.05) is 24.7 Å². The van der Waals surface area contributed by atoms with E-state index in [0.29, 0.717) is 18.0 Å². The summed E-state index contributed by atoms with van der Waals surface area (Å²) < 4.78 is 5.30. The maximum absolute atomic E-state index is 11.8. The van der Waals surface area contributed by atoms with Gasteiger partial charge in [-0.25, -0.2) is 4.79 Å². The molecule has 2 heterocycles. The summed E-state index contributed by atoms with van der Waals surface area (Å²) in [5.74, 6) is 0.499. The molecule has 0 aliphatic carbocycles. The second-order valence-corrected chi connectivity index (χ2v) is 8.73. The lowest BCUT2D eigenvalue weighted by molar-refractivity contribution is 0.0510. The summed E-state index contributed by atoms with van der Waals surface area (Å²) in [5, 5.41) is 13.1. The quantitative estimate of drug-likeness (QED) is 0.832. The minimum atomic E-state index is -0.460. The first-order chi connectivity index (χ1) is 13.8. The number of nitriles is 1. The van der Waals surface area contributed by atoms with Crippen LogP contribution in [0, 0.1) is 17.2 Å². The molecule has 3 rings (SSSR count). The Labute approximate surface area is 172 Å². The Morgan fingerprint density at radius 2 is 2.07 bits per heavy atom. The predicted molar refractivity (Wildman–Crippen MR) is 114 cm³/mol. The first kappa shape index (κ1) is 21.1. The molecule has 0 spiro atoms. The fraction of sp³-hybridized carbons (Fsp3) is 0.522. The highest BCUT2D eigenvalue weighted by atomic mass is 16.6. The Bertz CT molecular complexity index is 890. The minimum absolute atomic E-state index is 0.332. The van der Waals surface area contributed by atoms with Gasteiger partial charge in [0.2, 0.25) is 0 Å². The van der Waals surface area contributed by atoms with Crippen LogP contribution < -0.4 is 5.32 Å². The van der Waals surface area contributed by atoms with E-state index in [4.69, 9.17) is 10.00 Å². The smallest absolute Gasteiger partial charge is 0.407 e. The first-order valence-corrected chi connectivity index (χ1v) is 10.3. The average molecular weight is 395 g/mol. The van der Waals surface area contributed by atoms with Gasteiger partial charge in [0.15, 0.2) is 0 Å². The molecule has 0 bridgehead atoms. The number of hydrogen-bond donors (Lipinski definition) is 1. The number of nitrogens with one attached hydrogen (secondary N) is 1. The maximum Gasteiger partial charge on any atom is 0.407 e. The Kier molecular flexibility index (Phi) is 6.71. The molecular weight excluding hydrogens is 364 g/mol. The van der Waals surface area contributed by atoms with Crippen molar-refractivity contribution in [3.63, 3.8) is 0 Å². The molecule has 1 aromatic carbocycles. The van der Waals surface area contributed by atoms with Crippen LogP contribution in [0.3, 0.4) is 0 Å². The number of hydrogen-bond acceptors (Lipinski definition) is 5. The van der Waals surface area contributed by atoms with Crippen molar-refractivity contribution in [1.82, 2.24) is 15.2 Å². The fourth-order valence-corrected chi connectivity index (χ4v) is 3.73. The van der Waals surface area contributed by atoms with Gasteiger partial charge in [0.25, 0.3) is 0 Å². The number of rotatable bonds is 5. The topological polar surface area (TPSA) is 78.2 Å². The minimum Gasteiger partial charge on any atom is -0.444 e. The van der Waals surface area contributed by atoms with Gasteiger partial charge in [0.1, 0.15) is 5.60 Å². The molecule has 1 amide bonds. The molecule has 0 unspecified atom stereocenters. The van der Waals surface area contributed by atoms with E-state index in [0.717, 1.165) is 49.8 Å². The maximum atomic E-state index is 11.8. The number of carbonyl (C=O) groups is 1. The van der Waals surface area contributed by atoms with Gasteiger partial charge in [-0.3, -0.25) is 4.98 Å². The van der Waals surface area contributed by atoms with Gasteiger partial charge in [-0.05, 0) is 88.9 Å². The number of fused-ring (bicyclic) bond motifs is 1. The highest BCUT2D eigenvalue weighted by Gasteiger charge is 2.21. The molecule has 0 saturated carbocycles. The van der Waals surface area contributed by atoms with Crippen LogP contribution in [0.5, 0.6) is 0 Å². The van der Waals surface area contributed by atoms with Crippen LogP contribution in [-0.4, -0.2) is 47.8 Å². The summed E-state index contributed by atoms with van der Waals surface area (Å²) in [4.78, 5) is 18.7. The molecule has 2 aromatic rings. The van der Waals surface area contributed by atoms with Crippen molar-refractivity contribution < 1.29 is 9.53 Å². The van der Waals surface area contributed by atoms with Gasteiger partial charge in [-0.1, -0.05) is 0 Å². The second-order valence-electron chi connectivity index (χ2n) is 8.73. The summed E-state index contributed by atoms with van der Waals surface area (Å²) in [7, 11) is 0. The molecule has 1 aromatic heterocycles. The summed E-state index contributed by atoms with van der Waals surface area (Å²) in [6, 6.07) is 9.94. The monoisotopic (exact) mass is 394 g/mol. The van der Waals surface area contributed by atoms with Crippen molar-refractivity contribution in [2.75, 3.05) is 26.2 Å². The number of aromatic nitrogens is 1. The van der Waals surface area contributed by atoms with Crippen LogP contribution in [0.15, 0.2) is 30.5 Å². The van der Waals surface area contributed by atoms with Crippen molar-refractivity contribution in [1.29, 1.82) is 5.26 Å². The molecule has 1 aliphatic heterocycles. The molecule has 1 N–H and O–H groups in total. The lowest BCUT2D eigenvalue weighted by Crippen LogP contribution is -2.40. The largest absolute Gasteiger partial charge is 0.444 e. The number of benzene rings is 1. The molecule has 1 saturated heterocycles. The van der Waals surface area contributed by atoms with Crippen molar-refractivity contribution in [2.45, 2.75) is 45.6 Å². The van der Waals surface area contributed by atoms with E-state index in [2.05, 4.69) is 27.3 Å². The summed E-state index contributed by atoms with van der Waals surface area (Å²) in [6.45, 7) is 9.35. The van der Waals surface area contributed by atoms with E-state index in [1.165, 1.54) is 5.56 Å². The normalized spacial score (nSPS) is 15.8. The van der Waals surface area contributed by atoms with Gasteiger partial charge < -0.3 is 15.0 Å². The van der Waals surface area contributed by atoms with Gasteiger partial charge in [-0.15, -0.1) is 0 Å². The molecule has 29 heavy (non-hydrogen) atoms. The van der Waals surface area contributed by atoms with E-state index in [-0.39, 0.29) is 6.09 Å². The zero-order valence-corrected chi connectivity index (χ0v) is 17.6. The van der Waals surface area contributed by atoms with Crippen LogP contribution in [0.25, 0.3) is 10.9 Å². The van der Waals surface area contributed by atoms with Gasteiger partial charge >= 0.3 is 6.09 Å². The Morgan fingerprint density at radius 1 is 1.31 bits per heavy atom. The molecule has 0 radical (unpaired) electrons. The van der Waals surface area contributed by atoms with Crippen LogP contribution in [0.2, 0.25) is 0 Å². The molecule has 6 nitrogen and oxygen atoms in total. The summed E-state index contributed by atoms with van der Waals surface area (Å²) >= 11 is 0. The SMILES string of the molecule is CC(C)(C)OC(=O)NCC1CCN(CCc2ccnc3ccc(C#N)cc23)CC1. The van der Waals surface area contributed by atoms with Crippen molar-refractivity contribution in [3.05, 3.63) is 41.6 Å². The number of alkyl carbamates (subject to hydrolysis) is 1. The van der Waals surface area contributed by atoms with E-state index in [1.54, 1.807) is 0 Å². The number of piperidine rings is 1. The number of nitrogens with zero attached hydrogens (tertiary/aromatic N) is 3. The Morgan fingerprint density at radius 3 is 2.76 bits per heavy atom. The third kappa shape index (κ3) is 6.16. The van der Waals surface area contributed by atoms with E-state index >= 15 is 0 Å². The zero-order valence-electron chi connectivity index (χ0n) is 17.6. The lowest BCUT2D eigenvalue weighted by atomic mass is 9.96. The van der Waals surface area contributed by atoms with Gasteiger partial charge in [0.05, 0.1) is 17.1 Å². The van der Waals surface area contributed by atoms with Crippen LogP contribution in [0.1, 0.15) is 44.7 Å². The molecule has 0 atom stereocenters. The predicted octanol–water partition coefficient (Wildman–Crippen LogP) is 3.89. The average Bonchev–Trinajstić information content (AvgIpc) is 2.69. The highest BCUT2D eigenvalue weighted by molar-refractivity contribution is 5.83. The second kappa shape index (κ2) is 9.23. The van der Waals surface area contributed by atoms with Crippen LogP contribution in [0.4, 0.5) is 4.79 Å². The van der Waals surface area contributed by atoms with Crippen molar-refractivity contribution in [2.24, 2.45) is 5.92 Å². The number of likely N-dealkylation sites (tertiary alicyclic amines) is 1. The molecule has 154 valence electrons. The molecular formula is C23H30N4O2. The van der Waals surface area contributed by atoms with Crippen molar-refractivity contribution >= 4 is 17.0 Å². The number of amides is 1. The zero-order chi connectivity index (χ0) is 20.9. The summed E-state index contributed by atoms with van der Waals surface area (Å²) in [5.41, 5.74) is 2.39. The third-order valence-electron chi connectivity index (χ3n) is 5.30. The van der Waals surface area contributed by atoms with Crippen LogP contribution in [-0.2, 0) is 11.2 Å². The Hall–Kier alpha value is -2.65.